The van der Waals surface area contributed by atoms with E-state index < -0.39 is 29.3 Å². The van der Waals surface area contributed by atoms with E-state index in [9.17, 15) is 14.4 Å². The molecule has 6 nitrogen and oxygen atoms in total. The zero-order valence-corrected chi connectivity index (χ0v) is 15.4. The largest absolute Gasteiger partial charge is 0.452 e. The second kappa shape index (κ2) is 9.32. The molecule has 1 aromatic carbocycles. The first-order valence-electron chi connectivity index (χ1n) is 7.74. The highest BCUT2D eigenvalue weighted by Crippen LogP contribution is 2.24. The number of hydrogen-bond donors (Lipinski definition) is 2. The molecule has 0 saturated heterocycles. The Morgan fingerprint density at radius 1 is 1.04 bits per heavy atom. The molecule has 0 radical (unpaired) electrons. The minimum absolute atomic E-state index is 0.0958. The number of esters is 1. The highest BCUT2D eigenvalue weighted by atomic mass is 32.2. The average Bonchev–Trinajstić information content (AvgIpc) is 2.48. The fourth-order valence-corrected chi connectivity index (χ4v) is 2.56. The molecule has 0 aliphatic rings. The van der Waals surface area contributed by atoms with Crippen LogP contribution in [0.2, 0.25) is 0 Å². The summed E-state index contributed by atoms with van der Waals surface area (Å²) in [5, 5.41) is 4.20. The summed E-state index contributed by atoms with van der Waals surface area (Å²) in [7, 11) is 0. The summed E-state index contributed by atoms with van der Waals surface area (Å²) in [6.45, 7) is 8.68. The van der Waals surface area contributed by atoms with E-state index in [2.05, 4.69) is 10.6 Å². The molecule has 0 heterocycles. The van der Waals surface area contributed by atoms with Gasteiger partial charge in [-0.1, -0.05) is 17.7 Å². The molecule has 2 atom stereocenters. The van der Waals surface area contributed by atoms with Crippen LogP contribution < -0.4 is 10.6 Å². The number of rotatable bonds is 6. The third kappa shape index (κ3) is 7.04. The minimum Gasteiger partial charge on any atom is -0.452 e. The van der Waals surface area contributed by atoms with Gasteiger partial charge < -0.3 is 10.1 Å². The van der Waals surface area contributed by atoms with Crippen molar-refractivity contribution in [3.8, 4) is 0 Å². The van der Waals surface area contributed by atoms with Crippen LogP contribution in [0.15, 0.2) is 29.2 Å². The monoisotopic (exact) mass is 352 g/mol. The molecular formula is C17H24N2O4S. The van der Waals surface area contributed by atoms with Gasteiger partial charge in [0.05, 0.1) is 0 Å². The molecule has 0 unspecified atom stereocenters. The van der Waals surface area contributed by atoms with Gasteiger partial charge in [0.1, 0.15) is 5.25 Å². The van der Waals surface area contributed by atoms with Crippen LogP contribution in [0.4, 0.5) is 4.79 Å². The molecule has 0 spiro atoms. The standard InChI is InChI=1S/C17H24N2O4S/c1-10(2)18-17(22)19-15(20)12(4)23-16(21)13(5)24-14-8-6-11(3)7-9-14/h6-10,12-13H,1-5H3,(H2,18,19,20,22)/t12-,13+/m0/s1. The third-order valence-corrected chi connectivity index (χ3v) is 4.07. The van der Waals surface area contributed by atoms with Crippen molar-refractivity contribution in [1.29, 1.82) is 0 Å². The van der Waals surface area contributed by atoms with E-state index in [-0.39, 0.29) is 6.04 Å². The number of aryl methyl sites for hydroxylation is 1. The number of hydrogen-bond acceptors (Lipinski definition) is 5. The number of amides is 3. The van der Waals surface area contributed by atoms with Gasteiger partial charge in [-0.05, 0) is 46.8 Å². The maximum absolute atomic E-state index is 12.1. The number of carbonyl (C=O) groups excluding carboxylic acids is 3. The van der Waals surface area contributed by atoms with Gasteiger partial charge in [-0.2, -0.15) is 0 Å². The second-order valence-electron chi connectivity index (χ2n) is 5.77. The Morgan fingerprint density at radius 3 is 2.17 bits per heavy atom. The van der Waals surface area contributed by atoms with Gasteiger partial charge in [-0.3, -0.25) is 14.9 Å². The molecule has 0 aliphatic carbocycles. The number of thioether (sulfide) groups is 1. The van der Waals surface area contributed by atoms with Crippen LogP contribution in [-0.4, -0.2) is 35.3 Å². The maximum atomic E-state index is 12.1. The van der Waals surface area contributed by atoms with Crippen LogP contribution in [-0.2, 0) is 14.3 Å². The summed E-state index contributed by atoms with van der Waals surface area (Å²) >= 11 is 1.35. The zero-order chi connectivity index (χ0) is 18.3. The van der Waals surface area contributed by atoms with Gasteiger partial charge in [-0.15, -0.1) is 11.8 Å². The fraction of sp³-hybridized carbons (Fsp3) is 0.471. The SMILES string of the molecule is Cc1ccc(S[C@H](C)C(=O)O[C@@H](C)C(=O)NC(=O)NC(C)C)cc1. The molecule has 1 aromatic rings. The number of nitrogens with one attached hydrogen (secondary N) is 2. The highest BCUT2D eigenvalue weighted by molar-refractivity contribution is 8.00. The Bertz CT molecular complexity index is 587. The van der Waals surface area contributed by atoms with E-state index in [1.165, 1.54) is 18.7 Å². The first-order valence-corrected chi connectivity index (χ1v) is 8.62. The number of ether oxygens (including phenoxy) is 1. The Balaban J connectivity index is 2.48. The third-order valence-electron chi connectivity index (χ3n) is 2.98. The van der Waals surface area contributed by atoms with Gasteiger partial charge in [-0.25, -0.2) is 4.79 Å². The minimum atomic E-state index is -1.04. The molecule has 1 rings (SSSR count). The van der Waals surface area contributed by atoms with E-state index in [0.29, 0.717) is 0 Å². The van der Waals surface area contributed by atoms with Crippen molar-refractivity contribution >= 4 is 29.7 Å². The van der Waals surface area contributed by atoms with Crippen LogP contribution in [0.1, 0.15) is 33.3 Å². The van der Waals surface area contributed by atoms with E-state index in [1.54, 1.807) is 20.8 Å². The lowest BCUT2D eigenvalue weighted by molar-refractivity contribution is -0.153. The van der Waals surface area contributed by atoms with Gasteiger partial charge in [0, 0.05) is 10.9 Å². The Morgan fingerprint density at radius 2 is 1.62 bits per heavy atom. The summed E-state index contributed by atoms with van der Waals surface area (Å²) in [6, 6.07) is 7.07. The number of carbonyl (C=O) groups is 3. The molecule has 2 N–H and O–H groups in total. The number of imide groups is 1. The molecule has 0 aromatic heterocycles. The predicted molar refractivity (Wildman–Crippen MR) is 93.9 cm³/mol. The quantitative estimate of drug-likeness (QED) is 0.607. The fourth-order valence-electron chi connectivity index (χ4n) is 1.70. The molecule has 132 valence electrons. The molecule has 0 bridgehead atoms. The van der Waals surface area contributed by atoms with Crippen LogP contribution in [0.25, 0.3) is 0 Å². The lowest BCUT2D eigenvalue weighted by atomic mass is 10.2. The van der Waals surface area contributed by atoms with E-state index >= 15 is 0 Å². The smallest absolute Gasteiger partial charge is 0.321 e. The molecular weight excluding hydrogens is 328 g/mol. The van der Waals surface area contributed by atoms with E-state index in [4.69, 9.17) is 4.74 Å². The lowest BCUT2D eigenvalue weighted by Crippen LogP contribution is -2.46. The molecule has 0 saturated carbocycles. The van der Waals surface area contributed by atoms with Gasteiger partial charge >= 0.3 is 12.0 Å². The van der Waals surface area contributed by atoms with Crippen molar-refractivity contribution in [2.75, 3.05) is 0 Å². The molecule has 24 heavy (non-hydrogen) atoms. The summed E-state index contributed by atoms with van der Waals surface area (Å²) < 4.78 is 5.12. The van der Waals surface area contributed by atoms with Gasteiger partial charge in [0.2, 0.25) is 0 Å². The van der Waals surface area contributed by atoms with E-state index in [0.717, 1.165) is 10.5 Å². The normalized spacial score (nSPS) is 13.1. The van der Waals surface area contributed by atoms with Crippen molar-refractivity contribution < 1.29 is 19.1 Å². The topological polar surface area (TPSA) is 84.5 Å². The van der Waals surface area contributed by atoms with Crippen LogP contribution in [0, 0.1) is 6.92 Å². The van der Waals surface area contributed by atoms with Crippen LogP contribution in [0.5, 0.6) is 0 Å². The van der Waals surface area contributed by atoms with Crippen LogP contribution >= 0.6 is 11.8 Å². The molecule has 0 aliphatic heterocycles. The maximum Gasteiger partial charge on any atom is 0.321 e. The lowest BCUT2D eigenvalue weighted by Gasteiger charge is -2.17. The molecule has 3 amide bonds. The van der Waals surface area contributed by atoms with Crippen molar-refractivity contribution in [2.24, 2.45) is 0 Å². The summed E-state index contributed by atoms with van der Waals surface area (Å²) in [5.74, 6) is -1.17. The summed E-state index contributed by atoms with van der Waals surface area (Å²) in [5.41, 5.74) is 1.14. The first-order chi connectivity index (χ1) is 11.2. The summed E-state index contributed by atoms with van der Waals surface area (Å²) in [6.07, 6.45) is -1.04. The zero-order valence-electron chi connectivity index (χ0n) is 14.6. The molecule has 0 fully saturated rings. The van der Waals surface area contributed by atoms with E-state index in [1.807, 2.05) is 31.2 Å². The van der Waals surface area contributed by atoms with Gasteiger partial charge in [0.15, 0.2) is 6.10 Å². The highest BCUT2D eigenvalue weighted by Gasteiger charge is 2.24. The van der Waals surface area contributed by atoms with Crippen molar-refractivity contribution in [1.82, 2.24) is 10.6 Å². The number of benzene rings is 1. The van der Waals surface area contributed by atoms with Crippen LogP contribution in [0.3, 0.4) is 0 Å². The summed E-state index contributed by atoms with van der Waals surface area (Å²) in [4.78, 5) is 36.3. The van der Waals surface area contributed by atoms with Crippen molar-refractivity contribution in [3.05, 3.63) is 29.8 Å². The predicted octanol–water partition coefficient (Wildman–Crippen LogP) is 2.64. The average molecular weight is 352 g/mol. The first kappa shape index (κ1) is 20.0. The Hall–Kier alpha value is -2.02. The Labute approximate surface area is 146 Å². The molecule has 7 heteroatoms. The van der Waals surface area contributed by atoms with Crippen molar-refractivity contribution in [3.63, 3.8) is 0 Å². The number of urea groups is 1. The van der Waals surface area contributed by atoms with Gasteiger partial charge in [0.25, 0.3) is 5.91 Å². The van der Waals surface area contributed by atoms with Crippen molar-refractivity contribution in [2.45, 2.75) is 56.9 Å². The Kier molecular flexibility index (Phi) is 7.78. The second-order valence-corrected chi connectivity index (χ2v) is 7.18.